The molecular weight excluding hydrogens is 285 g/mol. The van der Waals surface area contributed by atoms with Crippen LogP contribution in [0.5, 0.6) is 0 Å². The zero-order valence-electron chi connectivity index (χ0n) is 11.1. The fraction of sp³-hybridized carbons (Fsp3) is 0.538. The van der Waals surface area contributed by atoms with E-state index in [1.165, 1.54) is 0 Å². The van der Waals surface area contributed by atoms with Crippen LogP contribution >= 0.6 is 23.2 Å². The van der Waals surface area contributed by atoms with Gasteiger partial charge in [0.2, 0.25) is 0 Å². The van der Waals surface area contributed by atoms with E-state index in [4.69, 9.17) is 27.9 Å². The van der Waals surface area contributed by atoms with E-state index in [9.17, 15) is 0 Å². The van der Waals surface area contributed by atoms with Crippen LogP contribution in [-0.4, -0.2) is 34.1 Å². The number of pyridine rings is 1. The molecule has 2 rings (SSSR count). The minimum Gasteiger partial charge on any atom is -0.383 e. The van der Waals surface area contributed by atoms with E-state index in [-0.39, 0.29) is 6.04 Å². The summed E-state index contributed by atoms with van der Waals surface area (Å²) in [7, 11) is 1.70. The van der Waals surface area contributed by atoms with Gasteiger partial charge in [0, 0.05) is 25.6 Å². The molecule has 0 radical (unpaired) electrons. The Balaban J connectivity index is 2.56. The molecule has 1 unspecified atom stereocenters. The standard InChI is InChI=1S/C13H17Cl2N3O/c1-3-10(8-19-2)18-12(4-5-14)17-11-6-9(15)7-16-13(11)18/h6-7,10H,3-5,8H2,1-2H3. The van der Waals surface area contributed by atoms with Crippen LogP contribution in [0.3, 0.4) is 0 Å². The lowest BCUT2D eigenvalue weighted by atomic mass is 10.2. The van der Waals surface area contributed by atoms with Crippen molar-refractivity contribution in [2.75, 3.05) is 19.6 Å². The summed E-state index contributed by atoms with van der Waals surface area (Å²) in [6, 6.07) is 2.04. The van der Waals surface area contributed by atoms with Crippen LogP contribution in [0, 0.1) is 0 Å². The summed E-state index contributed by atoms with van der Waals surface area (Å²) >= 11 is 11.8. The molecule has 0 spiro atoms. The van der Waals surface area contributed by atoms with Crippen LogP contribution in [0.1, 0.15) is 25.2 Å². The molecule has 6 heteroatoms. The van der Waals surface area contributed by atoms with Crippen molar-refractivity contribution in [2.24, 2.45) is 0 Å². The molecule has 19 heavy (non-hydrogen) atoms. The van der Waals surface area contributed by atoms with Gasteiger partial charge >= 0.3 is 0 Å². The lowest BCUT2D eigenvalue weighted by molar-refractivity contribution is 0.153. The molecule has 2 aromatic rings. The molecule has 0 aliphatic rings. The third-order valence-corrected chi connectivity index (χ3v) is 3.48. The van der Waals surface area contributed by atoms with Crippen molar-refractivity contribution in [3.05, 3.63) is 23.1 Å². The first-order valence-electron chi connectivity index (χ1n) is 6.28. The Hall–Kier alpha value is -0.840. The minimum atomic E-state index is 0.210. The van der Waals surface area contributed by atoms with Crippen LogP contribution < -0.4 is 0 Å². The van der Waals surface area contributed by atoms with E-state index in [0.717, 1.165) is 23.4 Å². The van der Waals surface area contributed by atoms with Crippen LogP contribution in [0.4, 0.5) is 0 Å². The van der Waals surface area contributed by atoms with Gasteiger partial charge in [0.15, 0.2) is 5.65 Å². The van der Waals surface area contributed by atoms with E-state index in [1.807, 2.05) is 6.07 Å². The highest BCUT2D eigenvalue weighted by atomic mass is 35.5. The first-order valence-corrected chi connectivity index (χ1v) is 7.19. The number of aromatic nitrogens is 3. The Bertz CT molecular complexity index is 556. The Labute approximate surface area is 122 Å². The third kappa shape index (κ3) is 3.02. The Morgan fingerprint density at radius 2 is 2.26 bits per heavy atom. The molecule has 1 atom stereocenters. The van der Waals surface area contributed by atoms with Crippen molar-refractivity contribution in [2.45, 2.75) is 25.8 Å². The van der Waals surface area contributed by atoms with Gasteiger partial charge in [-0.05, 0) is 12.5 Å². The van der Waals surface area contributed by atoms with Gasteiger partial charge in [0.25, 0.3) is 0 Å². The number of halogens is 2. The zero-order chi connectivity index (χ0) is 13.8. The SMILES string of the molecule is CCC(COC)n1c(CCCl)nc2cc(Cl)cnc21. The Morgan fingerprint density at radius 3 is 2.89 bits per heavy atom. The molecule has 0 amide bonds. The number of hydrogen-bond acceptors (Lipinski definition) is 3. The van der Waals surface area contributed by atoms with Crippen molar-refractivity contribution in [3.63, 3.8) is 0 Å². The average molecular weight is 302 g/mol. The second kappa shape index (κ2) is 6.55. The number of rotatable bonds is 6. The molecule has 0 bridgehead atoms. The fourth-order valence-corrected chi connectivity index (χ4v) is 2.54. The number of alkyl halides is 1. The molecule has 104 valence electrons. The van der Waals surface area contributed by atoms with Crippen molar-refractivity contribution >= 4 is 34.4 Å². The van der Waals surface area contributed by atoms with Crippen molar-refractivity contribution in [1.29, 1.82) is 0 Å². The van der Waals surface area contributed by atoms with Crippen molar-refractivity contribution < 1.29 is 4.74 Å². The van der Waals surface area contributed by atoms with Gasteiger partial charge in [-0.3, -0.25) is 0 Å². The Kier molecular flexibility index (Phi) is 5.02. The summed E-state index contributed by atoms with van der Waals surface area (Å²) in [4.78, 5) is 8.99. The van der Waals surface area contributed by atoms with Gasteiger partial charge in [-0.1, -0.05) is 18.5 Å². The smallest absolute Gasteiger partial charge is 0.160 e. The van der Waals surface area contributed by atoms with Crippen LogP contribution in [-0.2, 0) is 11.2 Å². The highest BCUT2D eigenvalue weighted by Crippen LogP contribution is 2.24. The topological polar surface area (TPSA) is 39.9 Å². The fourth-order valence-electron chi connectivity index (χ4n) is 2.22. The Morgan fingerprint density at radius 1 is 1.47 bits per heavy atom. The normalized spacial score (nSPS) is 13.1. The molecule has 0 saturated carbocycles. The second-order valence-electron chi connectivity index (χ2n) is 4.35. The minimum absolute atomic E-state index is 0.210. The highest BCUT2D eigenvalue weighted by Gasteiger charge is 2.18. The molecule has 4 nitrogen and oxygen atoms in total. The monoisotopic (exact) mass is 301 g/mol. The van der Waals surface area contributed by atoms with Crippen molar-refractivity contribution in [1.82, 2.24) is 14.5 Å². The van der Waals surface area contributed by atoms with Gasteiger partial charge in [-0.2, -0.15) is 0 Å². The van der Waals surface area contributed by atoms with E-state index in [1.54, 1.807) is 13.3 Å². The number of nitrogens with zero attached hydrogens (tertiary/aromatic N) is 3. The average Bonchev–Trinajstić information content (AvgIpc) is 2.73. The summed E-state index contributed by atoms with van der Waals surface area (Å²) in [6.45, 7) is 2.75. The molecule has 2 heterocycles. The predicted molar refractivity (Wildman–Crippen MR) is 78.2 cm³/mol. The van der Waals surface area contributed by atoms with Crippen LogP contribution in [0.25, 0.3) is 11.2 Å². The van der Waals surface area contributed by atoms with E-state index in [0.29, 0.717) is 23.9 Å². The second-order valence-corrected chi connectivity index (χ2v) is 5.17. The van der Waals surface area contributed by atoms with E-state index >= 15 is 0 Å². The molecule has 0 aliphatic heterocycles. The highest BCUT2D eigenvalue weighted by molar-refractivity contribution is 6.31. The number of imidazole rings is 1. The molecule has 0 saturated heterocycles. The molecule has 0 N–H and O–H groups in total. The maximum atomic E-state index is 5.97. The summed E-state index contributed by atoms with van der Waals surface area (Å²) in [5.41, 5.74) is 1.65. The van der Waals surface area contributed by atoms with Gasteiger partial charge in [0.1, 0.15) is 11.3 Å². The largest absolute Gasteiger partial charge is 0.383 e. The summed E-state index contributed by atoms with van der Waals surface area (Å²) in [5, 5.41) is 0.592. The van der Waals surface area contributed by atoms with Gasteiger partial charge in [-0.25, -0.2) is 9.97 Å². The lowest BCUT2D eigenvalue weighted by Gasteiger charge is -2.18. The number of hydrogen-bond donors (Lipinski definition) is 0. The molecule has 0 fully saturated rings. The molecule has 0 aromatic carbocycles. The summed E-state index contributed by atoms with van der Waals surface area (Å²) < 4.78 is 7.41. The first kappa shape index (κ1) is 14.6. The maximum absolute atomic E-state index is 5.97. The number of aryl methyl sites for hydroxylation is 1. The maximum Gasteiger partial charge on any atom is 0.160 e. The molecular formula is C13H17Cl2N3O. The third-order valence-electron chi connectivity index (χ3n) is 3.08. The molecule has 2 aromatic heterocycles. The number of fused-ring (bicyclic) bond motifs is 1. The van der Waals surface area contributed by atoms with Crippen molar-refractivity contribution in [3.8, 4) is 0 Å². The summed E-state index contributed by atoms with van der Waals surface area (Å²) in [6.07, 6.45) is 3.29. The molecule has 0 aliphatic carbocycles. The quantitative estimate of drug-likeness (QED) is 0.767. The zero-order valence-corrected chi connectivity index (χ0v) is 12.6. The lowest BCUT2D eigenvalue weighted by Crippen LogP contribution is -2.17. The summed E-state index contributed by atoms with van der Waals surface area (Å²) in [5.74, 6) is 1.46. The van der Waals surface area contributed by atoms with Crippen LogP contribution in [0.2, 0.25) is 5.02 Å². The van der Waals surface area contributed by atoms with Gasteiger partial charge in [0.05, 0.1) is 17.7 Å². The van der Waals surface area contributed by atoms with E-state index < -0.39 is 0 Å². The number of methoxy groups -OCH3 is 1. The van der Waals surface area contributed by atoms with Gasteiger partial charge in [-0.15, -0.1) is 11.6 Å². The van der Waals surface area contributed by atoms with Crippen LogP contribution in [0.15, 0.2) is 12.3 Å². The first-order chi connectivity index (χ1) is 9.21. The predicted octanol–water partition coefficient (Wildman–Crippen LogP) is 3.46. The van der Waals surface area contributed by atoms with Gasteiger partial charge < -0.3 is 9.30 Å². The number of ether oxygens (including phenoxy) is 1. The van der Waals surface area contributed by atoms with E-state index in [2.05, 4.69) is 21.5 Å².